The lowest BCUT2D eigenvalue weighted by atomic mass is 10.1. The first kappa shape index (κ1) is 33.0. The number of pyridine rings is 2. The molecule has 0 aromatic carbocycles. The molecule has 15 heteroatoms. The average molecular weight is 575 g/mol. The summed E-state index contributed by atoms with van der Waals surface area (Å²) in [6, 6.07) is 5.90. The third-order valence-electron chi connectivity index (χ3n) is 5.50. The molecule has 0 unspecified atom stereocenters. The molecule has 1 fully saturated rings. The van der Waals surface area contributed by atoms with Crippen molar-refractivity contribution in [1.82, 2.24) is 9.97 Å². The summed E-state index contributed by atoms with van der Waals surface area (Å²) in [5.41, 5.74) is 8.92. The molecule has 0 aliphatic carbocycles. The molecule has 1 saturated heterocycles. The van der Waals surface area contributed by atoms with Crippen molar-refractivity contribution in [3.63, 3.8) is 0 Å². The molecule has 0 radical (unpaired) electrons. The fraction of sp³-hybridized carbons (Fsp3) is 0.500. The van der Waals surface area contributed by atoms with E-state index in [4.69, 9.17) is 40.9 Å². The van der Waals surface area contributed by atoms with Gasteiger partial charge in [0.15, 0.2) is 17.4 Å². The second-order valence-corrected chi connectivity index (χ2v) is 8.41. The van der Waals surface area contributed by atoms with Gasteiger partial charge in [-0.1, -0.05) is 13.8 Å². The number of hydrazine groups is 1. The van der Waals surface area contributed by atoms with Crippen LogP contribution in [-0.2, 0) is 23.8 Å². The van der Waals surface area contributed by atoms with E-state index in [1.165, 1.54) is 6.20 Å². The van der Waals surface area contributed by atoms with Crippen molar-refractivity contribution < 1.29 is 33.6 Å². The molecule has 1 aliphatic heterocycles. The molecule has 2 aromatic heterocycles. The second-order valence-electron chi connectivity index (χ2n) is 8.41. The molecule has 1 atom stereocenters. The summed E-state index contributed by atoms with van der Waals surface area (Å²) in [5, 5.41) is 24.2. The van der Waals surface area contributed by atoms with Crippen molar-refractivity contribution in [2.75, 3.05) is 55.7 Å². The van der Waals surface area contributed by atoms with Gasteiger partial charge in [0.2, 0.25) is 0 Å². The molecule has 0 saturated carbocycles. The summed E-state index contributed by atoms with van der Waals surface area (Å²) in [7, 11) is 0. The van der Waals surface area contributed by atoms with Crippen molar-refractivity contribution in [1.29, 1.82) is 5.26 Å². The van der Waals surface area contributed by atoms with Crippen LogP contribution in [0.2, 0.25) is 0 Å². The van der Waals surface area contributed by atoms with Gasteiger partial charge in [-0.2, -0.15) is 5.26 Å². The van der Waals surface area contributed by atoms with Crippen molar-refractivity contribution in [2.45, 2.75) is 45.2 Å². The molecule has 3 rings (SSSR count). The average Bonchev–Trinajstić information content (AvgIpc) is 2.99. The van der Waals surface area contributed by atoms with E-state index in [2.05, 4.69) is 26.0 Å². The highest BCUT2D eigenvalue weighted by Gasteiger charge is 2.20. The van der Waals surface area contributed by atoms with Crippen LogP contribution in [0.15, 0.2) is 24.4 Å². The lowest BCUT2D eigenvalue weighted by molar-refractivity contribution is -0.150. The Bertz CT molecular complexity index is 1140. The maximum atomic E-state index is 11.6. The molecule has 224 valence electrons. The van der Waals surface area contributed by atoms with E-state index < -0.39 is 24.4 Å². The minimum absolute atomic E-state index is 0.0742. The number of nitrogens with one attached hydrogen (secondary N) is 3. The molecule has 0 amide bonds. The molecule has 0 bridgehead atoms. The summed E-state index contributed by atoms with van der Waals surface area (Å²) in [5.74, 6) is 5.54. The zero-order chi connectivity index (χ0) is 30.0. The highest BCUT2D eigenvalue weighted by Crippen LogP contribution is 2.33. The van der Waals surface area contributed by atoms with Crippen LogP contribution in [0.25, 0.3) is 0 Å². The second kappa shape index (κ2) is 18.2. The number of esters is 1. The van der Waals surface area contributed by atoms with E-state index in [9.17, 15) is 9.59 Å². The molecule has 2 aromatic rings. The van der Waals surface area contributed by atoms with Gasteiger partial charge in [0.25, 0.3) is 0 Å². The summed E-state index contributed by atoms with van der Waals surface area (Å²) in [6.07, 6.45) is 2.54. The van der Waals surface area contributed by atoms with Crippen LogP contribution in [0.4, 0.5) is 23.1 Å². The van der Waals surface area contributed by atoms with Crippen LogP contribution in [-0.4, -0.2) is 78.7 Å². The molecular weight excluding hydrogens is 536 g/mol. The minimum atomic E-state index is -1.23. The number of aromatic nitrogens is 2. The van der Waals surface area contributed by atoms with Crippen LogP contribution >= 0.6 is 0 Å². The fourth-order valence-electron chi connectivity index (χ4n) is 3.50. The molecule has 41 heavy (non-hydrogen) atoms. The van der Waals surface area contributed by atoms with Crippen LogP contribution in [0.5, 0.6) is 5.75 Å². The number of hydrogen-bond donors (Lipinski definition) is 6. The monoisotopic (exact) mass is 574 g/mol. The van der Waals surface area contributed by atoms with Crippen LogP contribution in [0, 0.1) is 11.3 Å². The van der Waals surface area contributed by atoms with Crippen molar-refractivity contribution in [2.24, 2.45) is 11.6 Å². The van der Waals surface area contributed by atoms with Gasteiger partial charge in [0.1, 0.15) is 31.1 Å². The van der Waals surface area contributed by atoms with E-state index in [1.54, 1.807) is 18.2 Å². The number of aliphatic carboxylic acids is 1. The molecule has 1 aliphatic rings. The number of carbonyl (C=O) groups excluding carboxylic acids is 1. The SMILES string of the molecule is CC.N#Cc1ccc(Nc2nc(NC3CCOCC3)c(OCCOCCOC(=O)[C@@H](N)CC(=O)O)cc2NN)nc1. The zero-order valence-corrected chi connectivity index (χ0v) is 23.2. The molecule has 8 N–H and O–H groups in total. The normalized spacial score (nSPS) is 13.5. The standard InChI is InChI=1S/C24H32N8O7.C2H6/c25-13-15-1-2-20(28-14-15)30-22-18(32-27)12-19(23(31-22)29-16-3-5-36-6-4-16)38-9-7-37-8-10-39-24(35)17(26)11-21(33)34;1-2/h1-2,12,14,16-17,32H,3-11,26-27H2,(H,33,34)(H2,28,29,30,31);1-2H3/t17-;/m0./s1. The predicted molar refractivity (Wildman–Crippen MR) is 151 cm³/mol. The highest BCUT2D eigenvalue weighted by molar-refractivity contribution is 5.81. The molecular formula is C26H38N8O7. The predicted octanol–water partition coefficient (Wildman–Crippen LogP) is 1.74. The van der Waals surface area contributed by atoms with Gasteiger partial charge < -0.3 is 45.8 Å². The Labute approximate surface area is 238 Å². The number of nitrogens with zero attached hydrogens (tertiary/aromatic N) is 3. The third-order valence-corrected chi connectivity index (χ3v) is 5.50. The van der Waals surface area contributed by atoms with Gasteiger partial charge in [-0.3, -0.25) is 15.4 Å². The molecule has 15 nitrogen and oxygen atoms in total. The maximum Gasteiger partial charge on any atom is 0.323 e. The van der Waals surface area contributed by atoms with E-state index in [1.807, 2.05) is 19.9 Å². The Kier molecular flexibility index (Phi) is 14.6. The Morgan fingerprint density at radius 1 is 1.20 bits per heavy atom. The topological polar surface area (TPSA) is 229 Å². The van der Waals surface area contributed by atoms with Gasteiger partial charge in [-0.05, 0) is 25.0 Å². The number of anilines is 4. The van der Waals surface area contributed by atoms with Gasteiger partial charge in [0.05, 0.1) is 30.9 Å². The van der Waals surface area contributed by atoms with Crippen LogP contribution in [0.3, 0.4) is 0 Å². The lowest BCUT2D eigenvalue weighted by Gasteiger charge is -2.25. The first-order chi connectivity index (χ1) is 19.9. The smallest absolute Gasteiger partial charge is 0.323 e. The van der Waals surface area contributed by atoms with Gasteiger partial charge >= 0.3 is 11.9 Å². The van der Waals surface area contributed by atoms with E-state index >= 15 is 0 Å². The number of nitrogens with two attached hydrogens (primary N) is 2. The van der Waals surface area contributed by atoms with Crippen LogP contribution in [0.1, 0.15) is 38.7 Å². The molecule has 3 heterocycles. The zero-order valence-electron chi connectivity index (χ0n) is 23.2. The first-order valence-corrected chi connectivity index (χ1v) is 13.2. The number of carboxylic acid groups (broad SMARTS) is 1. The number of nitriles is 1. The first-order valence-electron chi connectivity index (χ1n) is 13.2. The van der Waals surface area contributed by atoms with E-state index in [0.717, 1.165) is 12.8 Å². The highest BCUT2D eigenvalue weighted by atomic mass is 16.6. The van der Waals surface area contributed by atoms with E-state index in [-0.39, 0.29) is 32.5 Å². The number of ether oxygens (including phenoxy) is 4. The van der Waals surface area contributed by atoms with Crippen LogP contribution < -0.4 is 32.4 Å². The summed E-state index contributed by atoms with van der Waals surface area (Å²) in [6.45, 7) is 5.61. The maximum absolute atomic E-state index is 11.6. The Hall–Kier alpha value is -4.23. The summed E-state index contributed by atoms with van der Waals surface area (Å²) >= 11 is 0. The van der Waals surface area contributed by atoms with Crippen molar-refractivity contribution >= 4 is 35.1 Å². The molecule has 0 spiro atoms. The summed E-state index contributed by atoms with van der Waals surface area (Å²) < 4.78 is 21.7. The minimum Gasteiger partial charge on any atom is -0.487 e. The quantitative estimate of drug-likeness (QED) is 0.0770. The van der Waals surface area contributed by atoms with Gasteiger partial charge in [-0.15, -0.1) is 0 Å². The number of nitrogen functional groups attached to an aromatic ring is 1. The summed E-state index contributed by atoms with van der Waals surface area (Å²) in [4.78, 5) is 31.1. The number of carboxylic acids is 1. The van der Waals surface area contributed by atoms with Gasteiger partial charge in [0, 0.05) is 31.5 Å². The number of rotatable bonds is 15. The van der Waals surface area contributed by atoms with Crippen molar-refractivity contribution in [3.8, 4) is 11.8 Å². The Balaban J connectivity index is 0.00000287. The Morgan fingerprint density at radius 2 is 1.93 bits per heavy atom. The third kappa shape index (κ3) is 11.4. The lowest BCUT2D eigenvalue weighted by Crippen LogP contribution is -2.35. The Morgan fingerprint density at radius 3 is 2.56 bits per heavy atom. The van der Waals surface area contributed by atoms with Gasteiger partial charge in [-0.25, -0.2) is 9.97 Å². The largest absolute Gasteiger partial charge is 0.487 e. The fourth-order valence-corrected chi connectivity index (χ4v) is 3.50. The van der Waals surface area contributed by atoms with E-state index in [0.29, 0.717) is 47.7 Å². The van der Waals surface area contributed by atoms with Crippen molar-refractivity contribution in [3.05, 3.63) is 30.0 Å². The number of hydrogen-bond acceptors (Lipinski definition) is 14. The number of carbonyl (C=O) groups is 2.